The molecule has 0 fully saturated rings. The largest absolute Gasteiger partial charge is 0.381 e. The number of aromatic nitrogens is 3. The Morgan fingerprint density at radius 3 is 2.67 bits per heavy atom. The van der Waals surface area contributed by atoms with E-state index in [0.29, 0.717) is 10.8 Å². The lowest BCUT2D eigenvalue weighted by atomic mass is 10.3. The maximum atomic E-state index is 12.5. The number of anilines is 2. The number of thiazole rings is 1. The molecule has 3 rings (SSSR count). The highest BCUT2D eigenvalue weighted by Crippen LogP contribution is 2.29. The molecule has 2 heterocycles. The number of nitrogens with two attached hydrogens (primary N) is 1. The summed E-state index contributed by atoms with van der Waals surface area (Å²) in [5.41, 5.74) is 6.91. The van der Waals surface area contributed by atoms with Gasteiger partial charge in [0.05, 0.1) is 15.9 Å². The first-order valence-electron chi connectivity index (χ1n) is 6.06. The van der Waals surface area contributed by atoms with Gasteiger partial charge in [0.25, 0.3) is 10.0 Å². The van der Waals surface area contributed by atoms with Crippen molar-refractivity contribution in [3.63, 3.8) is 0 Å². The third-order valence-corrected chi connectivity index (χ3v) is 5.67. The quantitative estimate of drug-likeness (QED) is 0.764. The summed E-state index contributed by atoms with van der Waals surface area (Å²) in [4.78, 5) is 4.24. The van der Waals surface area contributed by atoms with Crippen LogP contribution >= 0.6 is 11.3 Å². The van der Waals surface area contributed by atoms with Crippen molar-refractivity contribution >= 4 is 42.5 Å². The van der Waals surface area contributed by atoms with Crippen molar-refractivity contribution in [2.45, 2.75) is 11.8 Å². The van der Waals surface area contributed by atoms with Gasteiger partial charge in [-0.3, -0.25) is 9.40 Å². The lowest BCUT2D eigenvalue weighted by molar-refractivity contribution is 0.600. The molecule has 2 aromatic heterocycles. The Morgan fingerprint density at radius 1 is 1.33 bits per heavy atom. The summed E-state index contributed by atoms with van der Waals surface area (Å²) in [5.74, 6) is -0.0244. The topological polar surface area (TPSA) is 103 Å². The van der Waals surface area contributed by atoms with Gasteiger partial charge in [-0.15, -0.1) is 0 Å². The minimum Gasteiger partial charge on any atom is -0.381 e. The normalized spacial score (nSPS) is 11.9. The summed E-state index contributed by atoms with van der Waals surface area (Å²) in [6.45, 7) is 1.65. The van der Waals surface area contributed by atoms with Crippen LogP contribution in [0.3, 0.4) is 0 Å². The number of hydrogen-bond acceptors (Lipinski definition) is 6. The number of aryl methyl sites for hydroxylation is 1. The number of rotatable bonds is 3. The molecule has 0 unspecified atom stereocenters. The standard InChI is InChI=1S/C12H13N5O2S2/c1-7-10(11(13)15-17(7)2)21(18,19)16-12-14-8-5-3-4-6-9(8)20-12/h3-6H,1-2H3,(H2,13,15)(H,14,16). The molecule has 0 atom stereocenters. The third-order valence-electron chi connectivity index (χ3n) is 3.09. The van der Waals surface area contributed by atoms with Crippen LogP contribution in [0.4, 0.5) is 10.9 Å². The minimum atomic E-state index is -3.81. The molecule has 0 aliphatic carbocycles. The number of fused-ring (bicyclic) bond motifs is 1. The SMILES string of the molecule is Cc1c(S(=O)(=O)Nc2nc3ccccc3s2)c(N)nn1C. The molecule has 7 nitrogen and oxygen atoms in total. The first-order valence-corrected chi connectivity index (χ1v) is 8.36. The maximum absolute atomic E-state index is 12.5. The lowest BCUT2D eigenvalue weighted by Crippen LogP contribution is -2.15. The number of hydrogen-bond donors (Lipinski definition) is 2. The highest BCUT2D eigenvalue weighted by atomic mass is 32.2. The van der Waals surface area contributed by atoms with E-state index in [9.17, 15) is 8.42 Å². The Bertz CT molecular complexity index is 893. The van der Waals surface area contributed by atoms with Gasteiger partial charge in [0, 0.05) is 7.05 Å². The number of benzene rings is 1. The molecular formula is C12H13N5O2S2. The van der Waals surface area contributed by atoms with Crippen LogP contribution in [0.25, 0.3) is 10.2 Å². The number of nitrogen functional groups attached to an aromatic ring is 1. The maximum Gasteiger partial charge on any atom is 0.269 e. The van der Waals surface area contributed by atoms with E-state index >= 15 is 0 Å². The fourth-order valence-electron chi connectivity index (χ4n) is 2.03. The molecule has 3 N–H and O–H groups in total. The van der Waals surface area contributed by atoms with Crippen molar-refractivity contribution in [2.24, 2.45) is 7.05 Å². The minimum absolute atomic E-state index is 0.00995. The summed E-state index contributed by atoms with van der Waals surface area (Å²) in [7, 11) is -2.17. The van der Waals surface area contributed by atoms with E-state index in [1.807, 2.05) is 24.3 Å². The van der Waals surface area contributed by atoms with Gasteiger partial charge in [0.2, 0.25) is 0 Å². The molecule has 9 heteroatoms. The lowest BCUT2D eigenvalue weighted by Gasteiger charge is -2.04. The Morgan fingerprint density at radius 2 is 2.05 bits per heavy atom. The average molecular weight is 323 g/mol. The Balaban J connectivity index is 2.03. The van der Waals surface area contributed by atoms with Crippen LogP contribution in [0, 0.1) is 6.92 Å². The Hall–Kier alpha value is -2.13. The van der Waals surface area contributed by atoms with Gasteiger partial charge in [-0.05, 0) is 19.1 Å². The summed E-state index contributed by atoms with van der Waals surface area (Å²) in [6, 6.07) is 7.44. The molecule has 21 heavy (non-hydrogen) atoms. The van der Waals surface area contributed by atoms with Crippen molar-refractivity contribution in [2.75, 3.05) is 10.5 Å². The molecule has 110 valence electrons. The van der Waals surface area contributed by atoms with Crippen molar-refractivity contribution in [1.29, 1.82) is 0 Å². The Kier molecular flexibility index (Phi) is 3.10. The van der Waals surface area contributed by atoms with Crippen LogP contribution in [0.1, 0.15) is 5.69 Å². The third kappa shape index (κ3) is 2.34. The van der Waals surface area contributed by atoms with Gasteiger partial charge in [0.1, 0.15) is 0 Å². The Labute approximate surface area is 125 Å². The second-order valence-electron chi connectivity index (χ2n) is 4.52. The predicted molar refractivity (Wildman–Crippen MR) is 82.8 cm³/mol. The smallest absolute Gasteiger partial charge is 0.269 e. The summed E-state index contributed by atoms with van der Waals surface area (Å²) in [5, 5.41) is 4.22. The van der Waals surface area contributed by atoms with E-state index in [1.165, 1.54) is 16.0 Å². The second-order valence-corrected chi connectivity index (χ2v) is 7.17. The number of nitrogens with one attached hydrogen (secondary N) is 1. The molecule has 3 aromatic rings. The fourth-order valence-corrected chi connectivity index (χ4v) is 4.46. The molecule has 0 radical (unpaired) electrons. The van der Waals surface area contributed by atoms with Crippen LogP contribution in [0.15, 0.2) is 29.2 Å². The highest BCUT2D eigenvalue weighted by Gasteiger charge is 2.25. The van der Waals surface area contributed by atoms with E-state index < -0.39 is 10.0 Å². The number of para-hydroxylation sites is 1. The molecule has 1 aromatic carbocycles. The van der Waals surface area contributed by atoms with Gasteiger partial charge in [0.15, 0.2) is 15.8 Å². The molecule has 0 spiro atoms. The van der Waals surface area contributed by atoms with Crippen LogP contribution < -0.4 is 10.5 Å². The van der Waals surface area contributed by atoms with E-state index in [4.69, 9.17) is 5.73 Å². The van der Waals surface area contributed by atoms with Gasteiger partial charge in [-0.25, -0.2) is 13.4 Å². The summed E-state index contributed by atoms with van der Waals surface area (Å²) in [6.07, 6.45) is 0. The molecule has 0 saturated carbocycles. The monoisotopic (exact) mass is 323 g/mol. The molecule has 0 aliphatic rings. The van der Waals surface area contributed by atoms with E-state index in [2.05, 4.69) is 14.8 Å². The van der Waals surface area contributed by atoms with E-state index in [1.54, 1.807) is 14.0 Å². The first-order chi connectivity index (χ1) is 9.88. The van der Waals surface area contributed by atoms with Gasteiger partial charge >= 0.3 is 0 Å². The number of nitrogens with zero attached hydrogens (tertiary/aromatic N) is 3. The van der Waals surface area contributed by atoms with E-state index in [-0.39, 0.29) is 10.7 Å². The molecule has 0 amide bonds. The average Bonchev–Trinajstić information content (AvgIpc) is 2.89. The molecule has 0 aliphatic heterocycles. The van der Waals surface area contributed by atoms with Crippen LogP contribution in [-0.4, -0.2) is 23.2 Å². The molecular weight excluding hydrogens is 310 g/mol. The van der Waals surface area contributed by atoms with Crippen molar-refractivity contribution in [3.05, 3.63) is 30.0 Å². The fraction of sp³-hybridized carbons (Fsp3) is 0.167. The van der Waals surface area contributed by atoms with Gasteiger partial charge in [-0.1, -0.05) is 23.5 Å². The first kappa shape index (κ1) is 13.8. The van der Waals surface area contributed by atoms with Crippen molar-refractivity contribution in [1.82, 2.24) is 14.8 Å². The van der Waals surface area contributed by atoms with Crippen molar-refractivity contribution in [3.8, 4) is 0 Å². The van der Waals surface area contributed by atoms with Gasteiger partial charge in [-0.2, -0.15) is 5.10 Å². The van der Waals surface area contributed by atoms with Crippen LogP contribution in [0.5, 0.6) is 0 Å². The van der Waals surface area contributed by atoms with Gasteiger partial charge < -0.3 is 5.73 Å². The number of sulfonamides is 1. The van der Waals surface area contributed by atoms with Crippen molar-refractivity contribution < 1.29 is 8.42 Å². The summed E-state index contributed by atoms with van der Waals surface area (Å²) < 4.78 is 29.7. The zero-order chi connectivity index (χ0) is 15.2. The van der Waals surface area contributed by atoms with Crippen LogP contribution in [-0.2, 0) is 17.1 Å². The predicted octanol–water partition coefficient (Wildman–Crippen LogP) is 1.72. The zero-order valence-corrected chi connectivity index (χ0v) is 13.0. The second kappa shape index (κ2) is 4.71. The molecule has 0 saturated heterocycles. The summed E-state index contributed by atoms with van der Waals surface area (Å²) >= 11 is 1.27. The molecule has 0 bridgehead atoms. The zero-order valence-electron chi connectivity index (χ0n) is 11.4. The van der Waals surface area contributed by atoms with E-state index in [0.717, 1.165) is 10.2 Å². The highest BCUT2D eigenvalue weighted by molar-refractivity contribution is 7.93. The van der Waals surface area contributed by atoms with Crippen LogP contribution in [0.2, 0.25) is 0 Å².